The fraction of sp³-hybridized carbons (Fsp3) is 0.833. The molecule has 2 N–H and O–H groups in total. The number of unbranched alkanes of at least 4 members (excludes halogenated alkanes) is 3. The zero-order valence-electron chi connectivity index (χ0n) is 13.2. The fourth-order valence-corrected chi connectivity index (χ4v) is 3.85. The zero-order valence-corrected chi connectivity index (χ0v) is 13.2. The quantitative estimate of drug-likeness (QED) is 0.605. The molecule has 0 aromatic rings. The van der Waals surface area contributed by atoms with Crippen LogP contribution < -0.4 is 0 Å². The molecule has 0 amide bonds. The third-order valence-electron chi connectivity index (χ3n) is 5.21. The first kappa shape index (κ1) is 16.5. The van der Waals surface area contributed by atoms with Gasteiger partial charge in [-0.25, -0.2) is 0 Å². The molecule has 0 aromatic carbocycles. The minimum Gasteiger partial charge on any atom is -0.392 e. The van der Waals surface area contributed by atoms with Crippen LogP contribution in [0.25, 0.3) is 0 Å². The second kappa shape index (κ2) is 7.42. The van der Waals surface area contributed by atoms with Crippen LogP contribution in [0, 0.1) is 35.5 Å². The summed E-state index contributed by atoms with van der Waals surface area (Å²) in [5.41, 5.74) is 0. The number of carbonyl (C=O) groups is 1. The van der Waals surface area contributed by atoms with Crippen molar-refractivity contribution in [3.8, 4) is 11.8 Å². The second-order valence-corrected chi connectivity index (χ2v) is 6.70. The van der Waals surface area contributed by atoms with E-state index >= 15 is 0 Å². The number of hydrogen-bond donors (Lipinski definition) is 2. The molecule has 3 heteroatoms. The van der Waals surface area contributed by atoms with Crippen LogP contribution in [0.1, 0.15) is 58.8 Å². The number of aliphatic hydroxyl groups excluding tert-OH is 2. The molecule has 2 saturated carbocycles. The maximum atomic E-state index is 11.8. The number of hydrogen-bond acceptors (Lipinski definition) is 3. The molecule has 118 valence electrons. The van der Waals surface area contributed by atoms with Gasteiger partial charge in [0.2, 0.25) is 0 Å². The number of Topliss-reactive ketones (excluding diaryl/α,β-unsaturated/α-hetero) is 1. The average molecular weight is 292 g/mol. The molecule has 2 aliphatic carbocycles. The molecular weight excluding hydrogens is 264 g/mol. The van der Waals surface area contributed by atoms with E-state index in [-0.39, 0.29) is 23.7 Å². The smallest absolute Gasteiger partial charge is 0.139 e. The van der Waals surface area contributed by atoms with Crippen LogP contribution >= 0.6 is 0 Å². The van der Waals surface area contributed by atoms with Crippen molar-refractivity contribution in [2.45, 2.75) is 71.0 Å². The number of carbonyl (C=O) groups excluding carboxylic acids is 1. The van der Waals surface area contributed by atoms with Gasteiger partial charge in [-0.1, -0.05) is 45.0 Å². The Balaban J connectivity index is 1.88. The van der Waals surface area contributed by atoms with E-state index in [2.05, 4.69) is 18.8 Å². The first-order valence-electron chi connectivity index (χ1n) is 8.47. The van der Waals surface area contributed by atoms with Gasteiger partial charge in [-0.3, -0.25) is 4.79 Å². The fourth-order valence-electron chi connectivity index (χ4n) is 3.85. The molecule has 0 saturated heterocycles. The summed E-state index contributed by atoms with van der Waals surface area (Å²) < 4.78 is 0. The lowest BCUT2D eigenvalue weighted by Crippen LogP contribution is -2.55. The van der Waals surface area contributed by atoms with E-state index in [0.717, 1.165) is 19.3 Å². The van der Waals surface area contributed by atoms with Gasteiger partial charge in [0.1, 0.15) is 11.9 Å². The Kier molecular flexibility index (Phi) is 5.84. The Morgan fingerprint density at radius 2 is 2.05 bits per heavy atom. The first-order chi connectivity index (χ1) is 10.1. The van der Waals surface area contributed by atoms with Gasteiger partial charge in [-0.2, -0.15) is 0 Å². The van der Waals surface area contributed by atoms with Gasteiger partial charge in [-0.05, 0) is 31.6 Å². The van der Waals surface area contributed by atoms with Crippen LogP contribution in [-0.4, -0.2) is 28.2 Å². The molecular formula is C18H28O3. The largest absolute Gasteiger partial charge is 0.392 e. The van der Waals surface area contributed by atoms with Crippen LogP contribution in [0.3, 0.4) is 0 Å². The van der Waals surface area contributed by atoms with E-state index in [4.69, 9.17) is 0 Å². The van der Waals surface area contributed by atoms with Crippen molar-refractivity contribution in [2.75, 3.05) is 0 Å². The van der Waals surface area contributed by atoms with Gasteiger partial charge < -0.3 is 10.2 Å². The van der Waals surface area contributed by atoms with Crippen molar-refractivity contribution in [3.63, 3.8) is 0 Å². The zero-order chi connectivity index (χ0) is 15.4. The second-order valence-electron chi connectivity index (χ2n) is 6.70. The third-order valence-corrected chi connectivity index (χ3v) is 5.21. The van der Waals surface area contributed by atoms with Crippen LogP contribution in [0.5, 0.6) is 0 Å². The van der Waals surface area contributed by atoms with Crippen molar-refractivity contribution in [2.24, 2.45) is 23.7 Å². The lowest BCUT2D eigenvalue weighted by molar-refractivity contribution is -0.151. The maximum absolute atomic E-state index is 11.8. The summed E-state index contributed by atoms with van der Waals surface area (Å²) in [5, 5.41) is 20.1. The third kappa shape index (κ3) is 3.67. The van der Waals surface area contributed by atoms with Crippen molar-refractivity contribution in [1.82, 2.24) is 0 Å². The Morgan fingerprint density at radius 3 is 2.76 bits per heavy atom. The predicted octanol–water partition coefficient (Wildman–Crippen LogP) is 2.54. The molecule has 2 aliphatic rings. The van der Waals surface area contributed by atoms with E-state index in [1.54, 1.807) is 0 Å². The minimum atomic E-state index is -0.597. The molecule has 2 rings (SSSR count). The standard InChI is InChI=1S/C18H28O3/c1-3-4-5-6-7-13(19)8-9-14-16(20)11-10-15-17(14)12(2)18(15)21/h12-17,19-20H,3-7,10-11H2,1-2H3/t12?,13-,14-,15-,16+,17+/m0/s1. The molecule has 0 aromatic heterocycles. The van der Waals surface area contributed by atoms with Crippen LogP contribution in [0.4, 0.5) is 0 Å². The summed E-state index contributed by atoms with van der Waals surface area (Å²) in [7, 11) is 0. The van der Waals surface area contributed by atoms with Crippen molar-refractivity contribution >= 4 is 5.78 Å². The molecule has 0 spiro atoms. The molecule has 6 atom stereocenters. The van der Waals surface area contributed by atoms with Gasteiger partial charge in [0, 0.05) is 11.8 Å². The Bertz CT molecular complexity index is 420. The van der Waals surface area contributed by atoms with E-state index in [9.17, 15) is 15.0 Å². The molecule has 3 nitrogen and oxygen atoms in total. The van der Waals surface area contributed by atoms with Gasteiger partial charge in [0.05, 0.1) is 12.0 Å². The topological polar surface area (TPSA) is 57.5 Å². The lowest BCUT2D eigenvalue weighted by atomic mass is 9.53. The van der Waals surface area contributed by atoms with E-state index < -0.39 is 12.2 Å². The summed E-state index contributed by atoms with van der Waals surface area (Å²) in [6.45, 7) is 4.11. The highest BCUT2D eigenvalue weighted by atomic mass is 16.3. The van der Waals surface area contributed by atoms with Gasteiger partial charge in [-0.15, -0.1) is 0 Å². The molecule has 2 fully saturated rings. The van der Waals surface area contributed by atoms with Gasteiger partial charge in [0.15, 0.2) is 0 Å². The maximum Gasteiger partial charge on any atom is 0.139 e. The molecule has 1 unspecified atom stereocenters. The summed E-state index contributed by atoms with van der Waals surface area (Å²) in [6.07, 6.45) is 5.64. The van der Waals surface area contributed by atoms with Crippen LogP contribution in [0.15, 0.2) is 0 Å². The summed E-state index contributed by atoms with van der Waals surface area (Å²) in [4.78, 5) is 11.8. The number of rotatable bonds is 5. The highest BCUT2D eigenvalue weighted by molar-refractivity contribution is 5.90. The summed E-state index contributed by atoms with van der Waals surface area (Å²) >= 11 is 0. The molecule has 0 radical (unpaired) electrons. The Hall–Kier alpha value is -0.850. The Morgan fingerprint density at radius 1 is 1.29 bits per heavy atom. The van der Waals surface area contributed by atoms with Crippen molar-refractivity contribution in [3.05, 3.63) is 0 Å². The van der Waals surface area contributed by atoms with Crippen LogP contribution in [0.2, 0.25) is 0 Å². The number of aliphatic hydroxyl groups is 2. The van der Waals surface area contributed by atoms with Gasteiger partial charge >= 0.3 is 0 Å². The first-order valence-corrected chi connectivity index (χ1v) is 8.47. The molecule has 0 bridgehead atoms. The summed E-state index contributed by atoms with van der Waals surface area (Å²) in [5.74, 6) is 6.52. The Labute approximate surface area is 128 Å². The monoisotopic (exact) mass is 292 g/mol. The summed E-state index contributed by atoms with van der Waals surface area (Å²) in [6, 6.07) is 0. The van der Waals surface area contributed by atoms with Gasteiger partial charge in [0.25, 0.3) is 0 Å². The van der Waals surface area contributed by atoms with Crippen molar-refractivity contribution in [1.29, 1.82) is 0 Å². The van der Waals surface area contributed by atoms with Crippen molar-refractivity contribution < 1.29 is 15.0 Å². The lowest BCUT2D eigenvalue weighted by Gasteiger charge is -2.49. The normalized spacial score (nSPS) is 36.2. The SMILES string of the molecule is CCCCCC[C@H](O)C#C[C@@H]1[C@H]2C(C)C(=O)[C@H]2CC[C@H]1O. The molecule has 21 heavy (non-hydrogen) atoms. The number of fused-ring (bicyclic) bond motifs is 1. The van der Waals surface area contributed by atoms with Crippen LogP contribution in [-0.2, 0) is 4.79 Å². The van der Waals surface area contributed by atoms with E-state index in [0.29, 0.717) is 18.6 Å². The molecule has 0 aliphatic heterocycles. The predicted molar refractivity (Wildman–Crippen MR) is 82.4 cm³/mol. The minimum absolute atomic E-state index is 0.0194. The van der Waals surface area contributed by atoms with E-state index in [1.165, 1.54) is 12.8 Å². The average Bonchev–Trinajstić information content (AvgIpc) is 2.49. The number of ketones is 1. The highest BCUT2D eigenvalue weighted by Crippen LogP contribution is 2.49. The highest BCUT2D eigenvalue weighted by Gasteiger charge is 2.54. The van der Waals surface area contributed by atoms with E-state index in [1.807, 2.05) is 6.92 Å². The molecule has 0 heterocycles.